The third kappa shape index (κ3) is 3.05. The molecule has 3 N–H and O–H groups in total. The van der Waals surface area contributed by atoms with Gasteiger partial charge in [0.1, 0.15) is 5.01 Å². The number of carbonyl (C=O) groups excluding carboxylic acids is 1. The highest BCUT2D eigenvalue weighted by molar-refractivity contribution is 7.15. The van der Waals surface area contributed by atoms with Gasteiger partial charge in [0, 0.05) is 16.0 Å². The minimum atomic E-state index is -0.222. The minimum absolute atomic E-state index is 0.222. The first-order chi connectivity index (χ1) is 10.8. The SMILES string of the molecule is NNC(=O)Cc1sc(-c2ccccc2)nc1-c1ccccc1. The standard InChI is InChI=1S/C17H15N3OS/c18-20-15(21)11-14-16(12-7-3-1-4-8-12)19-17(22-14)13-9-5-2-6-10-13/h1-10H,11,18H2,(H,20,21). The molecule has 0 saturated heterocycles. The molecule has 0 atom stereocenters. The third-order valence-electron chi connectivity index (χ3n) is 3.25. The predicted octanol–water partition coefficient (Wildman–Crippen LogP) is 3.01. The summed E-state index contributed by atoms with van der Waals surface area (Å²) in [7, 11) is 0. The van der Waals surface area contributed by atoms with Crippen LogP contribution in [-0.4, -0.2) is 10.9 Å². The summed E-state index contributed by atoms with van der Waals surface area (Å²) in [6.07, 6.45) is 0.227. The van der Waals surface area contributed by atoms with Crippen LogP contribution in [-0.2, 0) is 11.2 Å². The maximum atomic E-state index is 11.7. The zero-order chi connectivity index (χ0) is 15.4. The van der Waals surface area contributed by atoms with Crippen molar-refractivity contribution >= 4 is 17.2 Å². The second kappa shape index (κ2) is 6.51. The van der Waals surface area contributed by atoms with Gasteiger partial charge in [-0.25, -0.2) is 10.8 Å². The molecule has 3 aromatic rings. The average molecular weight is 309 g/mol. The molecule has 22 heavy (non-hydrogen) atoms. The molecule has 0 aliphatic rings. The van der Waals surface area contributed by atoms with Gasteiger partial charge in [-0.3, -0.25) is 10.2 Å². The lowest BCUT2D eigenvalue weighted by atomic mass is 10.1. The van der Waals surface area contributed by atoms with E-state index in [0.29, 0.717) is 0 Å². The summed E-state index contributed by atoms with van der Waals surface area (Å²) in [4.78, 5) is 17.3. The summed E-state index contributed by atoms with van der Waals surface area (Å²) in [5.74, 6) is 4.99. The summed E-state index contributed by atoms with van der Waals surface area (Å²) < 4.78 is 0. The van der Waals surface area contributed by atoms with Crippen molar-refractivity contribution in [2.45, 2.75) is 6.42 Å². The van der Waals surface area contributed by atoms with E-state index in [4.69, 9.17) is 10.8 Å². The van der Waals surface area contributed by atoms with Gasteiger partial charge in [0.05, 0.1) is 12.1 Å². The molecule has 0 radical (unpaired) electrons. The van der Waals surface area contributed by atoms with Crippen molar-refractivity contribution < 1.29 is 4.79 Å². The molecule has 0 aliphatic heterocycles. The Morgan fingerprint density at radius 3 is 2.18 bits per heavy atom. The molecule has 0 aliphatic carbocycles. The van der Waals surface area contributed by atoms with Gasteiger partial charge in [-0.2, -0.15) is 0 Å². The number of benzene rings is 2. The quantitative estimate of drug-likeness (QED) is 0.442. The molecule has 1 aromatic heterocycles. The molecule has 4 nitrogen and oxygen atoms in total. The Morgan fingerprint density at radius 2 is 1.59 bits per heavy atom. The monoisotopic (exact) mass is 309 g/mol. The molecular weight excluding hydrogens is 294 g/mol. The van der Waals surface area contributed by atoms with Crippen LogP contribution in [0.3, 0.4) is 0 Å². The van der Waals surface area contributed by atoms with Gasteiger partial charge in [-0.1, -0.05) is 60.7 Å². The highest BCUT2D eigenvalue weighted by atomic mass is 32.1. The van der Waals surface area contributed by atoms with E-state index in [9.17, 15) is 4.79 Å². The van der Waals surface area contributed by atoms with Crippen molar-refractivity contribution in [1.29, 1.82) is 0 Å². The van der Waals surface area contributed by atoms with Crippen molar-refractivity contribution in [3.05, 3.63) is 65.5 Å². The Labute approximate surface area is 132 Å². The van der Waals surface area contributed by atoms with Crippen LogP contribution in [0.2, 0.25) is 0 Å². The first kappa shape index (κ1) is 14.4. The summed E-state index contributed by atoms with van der Waals surface area (Å²) in [6, 6.07) is 19.8. The van der Waals surface area contributed by atoms with Crippen LogP contribution in [0.5, 0.6) is 0 Å². The predicted molar refractivity (Wildman–Crippen MR) is 89.0 cm³/mol. The molecule has 0 fully saturated rings. The molecule has 0 saturated carbocycles. The van der Waals surface area contributed by atoms with Crippen molar-refractivity contribution in [3.63, 3.8) is 0 Å². The normalized spacial score (nSPS) is 10.4. The van der Waals surface area contributed by atoms with Gasteiger partial charge in [0.25, 0.3) is 0 Å². The van der Waals surface area contributed by atoms with Gasteiger partial charge in [0.2, 0.25) is 5.91 Å². The van der Waals surface area contributed by atoms with E-state index >= 15 is 0 Å². The molecule has 1 heterocycles. The third-order valence-corrected chi connectivity index (χ3v) is 4.35. The van der Waals surface area contributed by atoms with Crippen LogP contribution in [0.1, 0.15) is 4.88 Å². The fourth-order valence-electron chi connectivity index (χ4n) is 2.19. The number of nitrogens with zero attached hydrogens (tertiary/aromatic N) is 1. The number of carbonyl (C=O) groups is 1. The first-order valence-electron chi connectivity index (χ1n) is 6.88. The Balaban J connectivity index is 2.07. The van der Waals surface area contributed by atoms with Gasteiger partial charge >= 0.3 is 0 Å². The molecule has 3 rings (SSSR count). The number of nitrogens with two attached hydrogens (primary N) is 1. The van der Waals surface area contributed by atoms with Crippen LogP contribution < -0.4 is 11.3 Å². The second-order valence-corrected chi connectivity index (χ2v) is 5.85. The summed E-state index contributed by atoms with van der Waals surface area (Å²) in [5, 5.41) is 0.902. The Morgan fingerprint density at radius 1 is 1.00 bits per heavy atom. The van der Waals surface area contributed by atoms with Gasteiger partial charge in [0.15, 0.2) is 0 Å². The largest absolute Gasteiger partial charge is 0.294 e. The number of rotatable bonds is 4. The second-order valence-electron chi connectivity index (χ2n) is 4.77. The molecule has 5 heteroatoms. The van der Waals surface area contributed by atoms with Crippen molar-refractivity contribution in [2.75, 3.05) is 0 Å². The Hall–Kier alpha value is -2.50. The number of aromatic nitrogens is 1. The van der Waals surface area contributed by atoms with Crippen LogP contribution in [0.25, 0.3) is 21.8 Å². The van der Waals surface area contributed by atoms with E-state index in [1.807, 2.05) is 60.7 Å². The zero-order valence-electron chi connectivity index (χ0n) is 11.8. The van der Waals surface area contributed by atoms with E-state index in [1.165, 1.54) is 11.3 Å². The van der Waals surface area contributed by atoms with Crippen LogP contribution in [0.15, 0.2) is 60.7 Å². The average Bonchev–Trinajstić information content (AvgIpc) is 3.00. The number of hydrogen-bond acceptors (Lipinski definition) is 4. The molecular formula is C17H15N3OS. The lowest BCUT2D eigenvalue weighted by Crippen LogP contribution is -2.31. The van der Waals surface area contributed by atoms with Gasteiger partial charge < -0.3 is 0 Å². The zero-order valence-corrected chi connectivity index (χ0v) is 12.6. The van der Waals surface area contributed by atoms with Crippen molar-refractivity contribution in [2.24, 2.45) is 5.84 Å². The topological polar surface area (TPSA) is 68.0 Å². The number of amides is 1. The van der Waals surface area contributed by atoms with Crippen LogP contribution in [0.4, 0.5) is 0 Å². The molecule has 0 bridgehead atoms. The summed E-state index contributed by atoms with van der Waals surface area (Å²) in [5.41, 5.74) is 5.07. The molecule has 0 unspecified atom stereocenters. The van der Waals surface area contributed by atoms with Crippen LogP contribution in [0, 0.1) is 0 Å². The van der Waals surface area contributed by atoms with Crippen LogP contribution >= 0.6 is 11.3 Å². The minimum Gasteiger partial charge on any atom is -0.294 e. The lowest BCUT2D eigenvalue weighted by molar-refractivity contribution is -0.120. The van der Waals surface area contributed by atoms with Crippen molar-refractivity contribution in [3.8, 4) is 21.8 Å². The smallest absolute Gasteiger partial charge is 0.239 e. The molecule has 1 amide bonds. The van der Waals surface area contributed by atoms with E-state index < -0.39 is 0 Å². The highest BCUT2D eigenvalue weighted by Gasteiger charge is 2.16. The number of nitrogens with one attached hydrogen (secondary N) is 1. The highest BCUT2D eigenvalue weighted by Crippen LogP contribution is 2.34. The van der Waals surface area contributed by atoms with Crippen molar-refractivity contribution in [1.82, 2.24) is 10.4 Å². The molecule has 0 spiro atoms. The fraction of sp³-hybridized carbons (Fsp3) is 0.0588. The van der Waals surface area contributed by atoms with Gasteiger partial charge in [-0.15, -0.1) is 11.3 Å². The molecule has 2 aromatic carbocycles. The van der Waals surface area contributed by atoms with E-state index in [1.54, 1.807) is 0 Å². The van der Waals surface area contributed by atoms with E-state index in [0.717, 1.165) is 26.7 Å². The van der Waals surface area contributed by atoms with E-state index in [2.05, 4.69) is 5.43 Å². The number of thiazole rings is 1. The lowest BCUT2D eigenvalue weighted by Gasteiger charge is -2.01. The number of hydrogen-bond donors (Lipinski definition) is 2. The first-order valence-corrected chi connectivity index (χ1v) is 7.69. The summed E-state index contributed by atoms with van der Waals surface area (Å²) >= 11 is 1.52. The summed E-state index contributed by atoms with van der Waals surface area (Å²) in [6.45, 7) is 0. The maximum Gasteiger partial charge on any atom is 0.239 e. The fourth-order valence-corrected chi connectivity index (χ4v) is 3.28. The van der Waals surface area contributed by atoms with E-state index in [-0.39, 0.29) is 12.3 Å². The Kier molecular flexibility index (Phi) is 4.27. The Bertz CT molecular complexity index is 769. The number of hydrazine groups is 1. The maximum absolute atomic E-state index is 11.7. The van der Waals surface area contributed by atoms with Gasteiger partial charge in [-0.05, 0) is 0 Å². The molecule has 110 valence electrons.